The summed E-state index contributed by atoms with van der Waals surface area (Å²) in [4.78, 5) is 0. The molecule has 1 unspecified atom stereocenters. The lowest BCUT2D eigenvalue weighted by Crippen LogP contribution is -2.24. The van der Waals surface area contributed by atoms with Crippen molar-refractivity contribution in [1.82, 2.24) is 0 Å². The van der Waals surface area contributed by atoms with E-state index in [1.807, 2.05) is 30.3 Å². The number of nitrogens with two attached hydrogens (primary N) is 1. The van der Waals surface area contributed by atoms with Crippen LogP contribution in [-0.4, -0.2) is 5.24 Å². The zero-order chi connectivity index (χ0) is 8.44. The number of hydrogen-bond acceptors (Lipinski definition) is 4. The zero-order valence-corrected chi connectivity index (χ0v) is 7.21. The van der Waals surface area contributed by atoms with Gasteiger partial charge in [-0.1, -0.05) is 30.3 Å². The van der Waals surface area contributed by atoms with Gasteiger partial charge in [0.25, 0.3) is 0 Å². The number of ether oxygens (including phenoxy) is 1. The highest BCUT2D eigenvalue weighted by atomic mass is 32.2. The fraction of sp³-hybridized carbons (Fsp3) is 0.250. The first kappa shape index (κ1) is 8.07. The SMILES string of the molecule is NC1(OCc2ccccc2)OS1. The Morgan fingerprint density at radius 1 is 1.42 bits per heavy atom. The maximum Gasteiger partial charge on any atom is 0.315 e. The normalized spacial score (nSPS) is 27.1. The molecule has 1 aliphatic heterocycles. The van der Waals surface area contributed by atoms with Crippen LogP contribution in [0.5, 0.6) is 0 Å². The Labute approximate surface area is 75.1 Å². The van der Waals surface area contributed by atoms with Crippen molar-refractivity contribution >= 4 is 12.0 Å². The number of hydrogen-bond donors (Lipinski definition) is 1. The maximum atomic E-state index is 5.51. The van der Waals surface area contributed by atoms with Gasteiger partial charge in [0.05, 0.1) is 18.6 Å². The monoisotopic (exact) mass is 183 g/mol. The molecule has 0 radical (unpaired) electrons. The minimum atomic E-state index is -0.879. The van der Waals surface area contributed by atoms with Crippen LogP contribution >= 0.6 is 12.0 Å². The zero-order valence-electron chi connectivity index (χ0n) is 6.40. The van der Waals surface area contributed by atoms with E-state index in [0.717, 1.165) is 17.6 Å². The Kier molecular flexibility index (Phi) is 2.06. The first-order chi connectivity index (χ1) is 5.79. The van der Waals surface area contributed by atoms with Crippen molar-refractivity contribution in [1.29, 1.82) is 0 Å². The van der Waals surface area contributed by atoms with Crippen LogP contribution in [0.15, 0.2) is 30.3 Å². The fourth-order valence-electron chi connectivity index (χ4n) is 0.847. The lowest BCUT2D eigenvalue weighted by atomic mass is 10.2. The van der Waals surface area contributed by atoms with Crippen LogP contribution in [0.1, 0.15) is 5.56 Å². The molecule has 1 heterocycles. The van der Waals surface area contributed by atoms with Gasteiger partial charge in [-0.15, -0.1) is 0 Å². The Hall–Kier alpha value is -0.550. The van der Waals surface area contributed by atoms with Crippen molar-refractivity contribution < 1.29 is 8.92 Å². The van der Waals surface area contributed by atoms with Crippen LogP contribution in [-0.2, 0) is 15.5 Å². The number of benzene rings is 1. The molecule has 0 bridgehead atoms. The van der Waals surface area contributed by atoms with Gasteiger partial charge in [-0.05, 0) is 5.56 Å². The van der Waals surface area contributed by atoms with E-state index in [1.165, 1.54) is 0 Å². The summed E-state index contributed by atoms with van der Waals surface area (Å²) in [5, 5.41) is -0.879. The van der Waals surface area contributed by atoms with E-state index in [1.54, 1.807) is 0 Å². The quantitative estimate of drug-likeness (QED) is 0.437. The minimum absolute atomic E-state index is 0.490. The maximum absolute atomic E-state index is 5.51. The largest absolute Gasteiger partial charge is 0.322 e. The molecule has 0 amide bonds. The van der Waals surface area contributed by atoms with E-state index in [0.29, 0.717) is 6.61 Å². The second-order valence-electron chi connectivity index (χ2n) is 2.54. The smallest absolute Gasteiger partial charge is 0.315 e. The molecule has 1 saturated heterocycles. The molecule has 0 aliphatic carbocycles. The van der Waals surface area contributed by atoms with Gasteiger partial charge in [0.1, 0.15) is 0 Å². The van der Waals surface area contributed by atoms with Crippen molar-refractivity contribution in [3.05, 3.63) is 35.9 Å². The molecule has 4 heteroatoms. The van der Waals surface area contributed by atoms with Gasteiger partial charge in [0.2, 0.25) is 0 Å². The summed E-state index contributed by atoms with van der Waals surface area (Å²) in [6.07, 6.45) is 0. The topological polar surface area (TPSA) is 47.8 Å². The first-order valence-corrected chi connectivity index (χ1v) is 4.36. The van der Waals surface area contributed by atoms with Crippen LogP contribution in [0.3, 0.4) is 0 Å². The summed E-state index contributed by atoms with van der Waals surface area (Å²) in [6, 6.07) is 9.85. The predicted molar refractivity (Wildman–Crippen MR) is 46.8 cm³/mol. The molecule has 0 spiro atoms. The van der Waals surface area contributed by atoms with E-state index >= 15 is 0 Å². The van der Waals surface area contributed by atoms with Crippen LogP contribution in [0.2, 0.25) is 0 Å². The lowest BCUT2D eigenvalue weighted by molar-refractivity contribution is -0.0480. The van der Waals surface area contributed by atoms with Crippen LogP contribution in [0.4, 0.5) is 0 Å². The molecule has 12 heavy (non-hydrogen) atoms. The Bertz CT molecular complexity index is 261. The molecular weight excluding hydrogens is 174 g/mol. The minimum Gasteiger partial charge on any atom is -0.322 e. The molecule has 0 saturated carbocycles. The van der Waals surface area contributed by atoms with Gasteiger partial charge in [-0.25, -0.2) is 4.18 Å². The second kappa shape index (κ2) is 3.06. The Morgan fingerprint density at radius 3 is 2.67 bits per heavy atom. The molecule has 3 nitrogen and oxygen atoms in total. The molecule has 2 N–H and O–H groups in total. The molecule has 1 aromatic rings. The van der Waals surface area contributed by atoms with Crippen molar-refractivity contribution in [2.75, 3.05) is 0 Å². The third-order valence-corrected chi connectivity index (χ3v) is 2.14. The summed E-state index contributed by atoms with van der Waals surface area (Å²) < 4.78 is 10.0. The molecule has 1 fully saturated rings. The first-order valence-electron chi connectivity index (χ1n) is 3.62. The van der Waals surface area contributed by atoms with Crippen LogP contribution in [0, 0.1) is 0 Å². The van der Waals surface area contributed by atoms with E-state index < -0.39 is 5.24 Å². The highest BCUT2D eigenvalue weighted by Gasteiger charge is 2.45. The van der Waals surface area contributed by atoms with Gasteiger partial charge in [0, 0.05) is 0 Å². The van der Waals surface area contributed by atoms with Crippen LogP contribution in [0.25, 0.3) is 0 Å². The van der Waals surface area contributed by atoms with Gasteiger partial charge in [-0.2, -0.15) is 0 Å². The molecule has 1 atom stereocenters. The van der Waals surface area contributed by atoms with E-state index in [9.17, 15) is 0 Å². The van der Waals surface area contributed by atoms with Crippen molar-refractivity contribution in [3.8, 4) is 0 Å². The summed E-state index contributed by atoms with van der Waals surface area (Å²) in [6.45, 7) is 0.490. The lowest BCUT2D eigenvalue weighted by Gasteiger charge is -2.04. The van der Waals surface area contributed by atoms with Crippen molar-refractivity contribution in [2.24, 2.45) is 5.73 Å². The van der Waals surface area contributed by atoms with Crippen molar-refractivity contribution in [2.45, 2.75) is 11.8 Å². The molecule has 1 aromatic carbocycles. The molecular formula is C8H9NO2S. The number of rotatable bonds is 3. The molecule has 2 rings (SSSR count). The Balaban J connectivity index is 1.88. The summed E-state index contributed by atoms with van der Waals surface area (Å²) in [7, 11) is 0. The van der Waals surface area contributed by atoms with E-state index in [-0.39, 0.29) is 0 Å². The average molecular weight is 183 g/mol. The van der Waals surface area contributed by atoms with Crippen molar-refractivity contribution in [3.63, 3.8) is 0 Å². The third-order valence-electron chi connectivity index (χ3n) is 1.53. The average Bonchev–Trinajstić information content (AvgIpc) is 2.84. The summed E-state index contributed by atoms with van der Waals surface area (Å²) in [5.41, 5.74) is 6.61. The van der Waals surface area contributed by atoms with Gasteiger partial charge < -0.3 is 4.74 Å². The fourth-order valence-corrected chi connectivity index (χ4v) is 1.08. The summed E-state index contributed by atoms with van der Waals surface area (Å²) >= 11 is 1.15. The van der Waals surface area contributed by atoms with E-state index in [4.69, 9.17) is 14.7 Å². The highest BCUT2D eigenvalue weighted by Crippen LogP contribution is 2.43. The van der Waals surface area contributed by atoms with Gasteiger partial charge in [0.15, 0.2) is 0 Å². The van der Waals surface area contributed by atoms with Gasteiger partial charge >= 0.3 is 5.24 Å². The van der Waals surface area contributed by atoms with Gasteiger partial charge in [-0.3, -0.25) is 5.73 Å². The molecule has 64 valence electrons. The third kappa shape index (κ3) is 1.98. The second-order valence-corrected chi connectivity index (χ2v) is 3.45. The Morgan fingerprint density at radius 2 is 2.08 bits per heavy atom. The highest BCUT2D eigenvalue weighted by molar-refractivity contribution is 8.01. The standard InChI is InChI=1S/C8H9NO2S/c9-8(11-12-8)10-6-7-4-2-1-3-5-7/h1-5H,6,9H2. The molecule has 0 aromatic heterocycles. The summed E-state index contributed by atoms with van der Waals surface area (Å²) in [5.74, 6) is 0. The molecule has 1 aliphatic rings. The van der Waals surface area contributed by atoms with Crippen LogP contribution < -0.4 is 5.73 Å². The van der Waals surface area contributed by atoms with E-state index in [2.05, 4.69) is 0 Å². The predicted octanol–water partition coefficient (Wildman–Crippen LogP) is 1.45.